The molecule has 0 saturated heterocycles. The Morgan fingerprint density at radius 2 is 2.13 bits per heavy atom. The molecule has 5 heteroatoms. The smallest absolute Gasteiger partial charge is 0.254 e. The van der Waals surface area contributed by atoms with Crippen LogP contribution in [0.1, 0.15) is 29.6 Å². The van der Waals surface area contributed by atoms with E-state index in [1.807, 2.05) is 0 Å². The molecular formula is C10H13N3O2. The molecule has 1 heterocycles. The van der Waals surface area contributed by atoms with E-state index in [0.717, 1.165) is 19.3 Å². The van der Waals surface area contributed by atoms with Crippen LogP contribution in [0.3, 0.4) is 0 Å². The van der Waals surface area contributed by atoms with Crippen molar-refractivity contribution < 1.29 is 9.90 Å². The molecule has 2 rings (SSSR count). The molecule has 0 radical (unpaired) electrons. The summed E-state index contributed by atoms with van der Waals surface area (Å²) in [6.45, 7) is 0.306. The number of aliphatic hydroxyl groups is 1. The highest BCUT2D eigenvalue weighted by molar-refractivity contribution is 5.93. The average Bonchev–Trinajstić information content (AvgIpc) is 2.24. The van der Waals surface area contributed by atoms with Gasteiger partial charge in [0.1, 0.15) is 6.33 Å². The van der Waals surface area contributed by atoms with Crippen LogP contribution >= 0.6 is 0 Å². The van der Waals surface area contributed by atoms with E-state index in [1.165, 1.54) is 18.7 Å². The number of nitrogens with zero attached hydrogens (tertiary/aromatic N) is 2. The second-order valence-corrected chi connectivity index (χ2v) is 3.89. The van der Waals surface area contributed by atoms with Crippen LogP contribution in [0.2, 0.25) is 0 Å². The first-order valence-corrected chi connectivity index (χ1v) is 4.95. The van der Waals surface area contributed by atoms with Crippen LogP contribution < -0.4 is 5.32 Å². The number of aromatic nitrogens is 2. The van der Waals surface area contributed by atoms with Crippen molar-refractivity contribution in [2.24, 2.45) is 0 Å². The summed E-state index contributed by atoms with van der Waals surface area (Å²) in [4.78, 5) is 19.0. The number of amides is 1. The molecule has 1 aliphatic carbocycles. The highest BCUT2D eigenvalue weighted by Gasteiger charge is 2.34. The van der Waals surface area contributed by atoms with E-state index in [1.54, 1.807) is 0 Å². The van der Waals surface area contributed by atoms with Crippen molar-refractivity contribution in [2.75, 3.05) is 6.54 Å². The molecule has 80 valence electrons. The largest absolute Gasteiger partial charge is 0.388 e. The van der Waals surface area contributed by atoms with Gasteiger partial charge in [-0.2, -0.15) is 0 Å². The molecule has 1 saturated carbocycles. The van der Waals surface area contributed by atoms with Gasteiger partial charge in [0.25, 0.3) is 5.91 Å². The Bertz CT molecular complexity index is 349. The molecule has 5 nitrogen and oxygen atoms in total. The Balaban J connectivity index is 1.88. The van der Waals surface area contributed by atoms with Gasteiger partial charge in [-0.25, -0.2) is 9.97 Å². The Kier molecular flexibility index (Phi) is 2.64. The molecule has 0 aliphatic heterocycles. The standard InChI is InChI=1S/C10H13N3O2/c14-9(8-4-11-7-12-5-8)13-6-10(15)2-1-3-10/h4-5,7,15H,1-3,6H2,(H,13,14). The van der Waals surface area contributed by atoms with Crippen molar-refractivity contribution in [1.82, 2.24) is 15.3 Å². The summed E-state index contributed by atoms with van der Waals surface area (Å²) in [6, 6.07) is 0. The summed E-state index contributed by atoms with van der Waals surface area (Å²) in [5.41, 5.74) is -0.272. The van der Waals surface area contributed by atoms with Crippen molar-refractivity contribution in [2.45, 2.75) is 24.9 Å². The number of carbonyl (C=O) groups excluding carboxylic acids is 1. The van der Waals surface area contributed by atoms with Crippen molar-refractivity contribution >= 4 is 5.91 Å². The maximum absolute atomic E-state index is 11.5. The van der Waals surface area contributed by atoms with Gasteiger partial charge in [0, 0.05) is 18.9 Å². The van der Waals surface area contributed by atoms with Crippen LogP contribution in [0, 0.1) is 0 Å². The zero-order valence-corrected chi connectivity index (χ0v) is 8.31. The van der Waals surface area contributed by atoms with E-state index < -0.39 is 5.60 Å². The molecule has 0 spiro atoms. The molecule has 0 atom stereocenters. The van der Waals surface area contributed by atoms with Crippen LogP contribution in [-0.2, 0) is 0 Å². The molecule has 1 fully saturated rings. The maximum Gasteiger partial charge on any atom is 0.254 e. The molecule has 2 N–H and O–H groups in total. The Labute approximate surface area is 87.6 Å². The molecule has 0 bridgehead atoms. The minimum Gasteiger partial charge on any atom is -0.388 e. The number of carbonyl (C=O) groups is 1. The van der Waals surface area contributed by atoms with Gasteiger partial charge in [0.15, 0.2) is 0 Å². The Hall–Kier alpha value is -1.49. The fraction of sp³-hybridized carbons (Fsp3) is 0.500. The predicted molar refractivity (Wildman–Crippen MR) is 53.2 cm³/mol. The van der Waals surface area contributed by atoms with Crippen molar-refractivity contribution in [1.29, 1.82) is 0 Å². The molecular weight excluding hydrogens is 194 g/mol. The van der Waals surface area contributed by atoms with Crippen LogP contribution in [0.25, 0.3) is 0 Å². The van der Waals surface area contributed by atoms with Gasteiger partial charge >= 0.3 is 0 Å². The highest BCUT2D eigenvalue weighted by Crippen LogP contribution is 2.30. The van der Waals surface area contributed by atoms with Crippen LogP contribution in [0.5, 0.6) is 0 Å². The fourth-order valence-electron chi connectivity index (χ4n) is 1.52. The zero-order chi connectivity index (χ0) is 10.7. The summed E-state index contributed by atoms with van der Waals surface area (Å²) in [5, 5.41) is 12.4. The Morgan fingerprint density at radius 3 is 2.67 bits per heavy atom. The summed E-state index contributed by atoms with van der Waals surface area (Å²) in [6.07, 6.45) is 6.83. The van der Waals surface area contributed by atoms with E-state index in [9.17, 15) is 9.90 Å². The summed E-state index contributed by atoms with van der Waals surface area (Å²) in [7, 11) is 0. The van der Waals surface area contributed by atoms with E-state index in [2.05, 4.69) is 15.3 Å². The minimum atomic E-state index is -0.689. The first kappa shape index (κ1) is 10.0. The van der Waals surface area contributed by atoms with Gasteiger partial charge < -0.3 is 10.4 Å². The molecule has 0 unspecified atom stereocenters. The fourth-order valence-corrected chi connectivity index (χ4v) is 1.52. The lowest BCUT2D eigenvalue weighted by atomic mass is 9.80. The van der Waals surface area contributed by atoms with Gasteiger partial charge in [-0.1, -0.05) is 0 Å². The van der Waals surface area contributed by atoms with E-state index >= 15 is 0 Å². The lowest BCUT2D eigenvalue weighted by Crippen LogP contribution is -2.47. The van der Waals surface area contributed by atoms with E-state index in [4.69, 9.17) is 0 Å². The molecule has 1 amide bonds. The van der Waals surface area contributed by atoms with Gasteiger partial charge in [-0.05, 0) is 19.3 Å². The van der Waals surface area contributed by atoms with Gasteiger partial charge in [-0.3, -0.25) is 4.79 Å². The topological polar surface area (TPSA) is 75.1 Å². The first-order valence-electron chi connectivity index (χ1n) is 4.95. The highest BCUT2D eigenvalue weighted by atomic mass is 16.3. The second kappa shape index (κ2) is 3.94. The normalized spacial score (nSPS) is 17.9. The number of nitrogens with one attached hydrogen (secondary N) is 1. The third kappa shape index (κ3) is 2.30. The zero-order valence-electron chi connectivity index (χ0n) is 8.31. The van der Waals surface area contributed by atoms with Crippen LogP contribution in [0.15, 0.2) is 18.7 Å². The summed E-state index contributed by atoms with van der Waals surface area (Å²) < 4.78 is 0. The van der Waals surface area contributed by atoms with E-state index in [0.29, 0.717) is 12.1 Å². The maximum atomic E-state index is 11.5. The predicted octanol–water partition coefficient (Wildman–Crippen LogP) is 0.121. The molecule has 1 aromatic heterocycles. The van der Waals surface area contributed by atoms with Gasteiger partial charge in [0.05, 0.1) is 11.2 Å². The number of hydrogen-bond acceptors (Lipinski definition) is 4. The van der Waals surface area contributed by atoms with Crippen LogP contribution in [0.4, 0.5) is 0 Å². The minimum absolute atomic E-state index is 0.240. The summed E-state index contributed by atoms with van der Waals surface area (Å²) in [5.74, 6) is -0.240. The van der Waals surface area contributed by atoms with Gasteiger partial charge in [-0.15, -0.1) is 0 Å². The lowest BCUT2D eigenvalue weighted by molar-refractivity contribution is -0.0300. The quantitative estimate of drug-likeness (QED) is 0.738. The first-order chi connectivity index (χ1) is 7.20. The Morgan fingerprint density at radius 1 is 1.47 bits per heavy atom. The molecule has 15 heavy (non-hydrogen) atoms. The lowest BCUT2D eigenvalue weighted by Gasteiger charge is -2.36. The average molecular weight is 207 g/mol. The number of rotatable bonds is 3. The summed E-state index contributed by atoms with van der Waals surface area (Å²) >= 11 is 0. The van der Waals surface area contributed by atoms with Crippen molar-refractivity contribution in [3.8, 4) is 0 Å². The SMILES string of the molecule is O=C(NCC1(O)CCC1)c1cncnc1. The third-order valence-corrected chi connectivity index (χ3v) is 2.69. The van der Waals surface area contributed by atoms with Gasteiger partial charge in [0.2, 0.25) is 0 Å². The molecule has 0 aromatic carbocycles. The molecule has 1 aromatic rings. The van der Waals surface area contributed by atoms with Crippen molar-refractivity contribution in [3.63, 3.8) is 0 Å². The van der Waals surface area contributed by atoms with E-state index in [-0.39, 0.29) is 5.91 Å². The monoisotopic (exact) mass is 207 g/mol. The van der Waals surface area contributed by atoms with Crippen LogP contribution in [-0.4, -0.2) is 33.1 Å². The molecule has 1 aliphatic rings. The third-order valence-electron chi connectivity index (χ3n) is 2.69. The number of hydrogen-bond donors (Lipinski definition) is 2. The van der Waals surface area contributed by atoms with Crippen molar-refractivity contribution in [3.05, 3.63) is 24.3 Å². The second-order valence-electron chi connectivity index (χ2n) is 3.89.